The molecule has 26 heavy (non-hydrogen) atoms. The van der Waals surface area contributed by atoms with Crippen LogP contribution in [0.1, 0.15) is 18.9 Å². The van der Waals surface area contributed by atoms with Crippen molar-refractivity contribution in [2.24, 2.45) is 0 Å². The first-order chi connectivity index (χ1) is 12.5. The summed E-state index contributed by atoms with van der Waals surface area (Å²) >= 11 is 1.25. The molecule has 1 aromatic carbocycles. The number of thiophene rings is 1. The zero-order valence-electron chi connectivity index (χ0n) is 14.1. The molecule has 3 aromatic rings. The molecule has 0 aliphatic rings. The van der Waals surface area contributed by atoms with Crippen LogP contribution in [0.3, 0.4) is 0 Å². The van der Waals surface area contributed by atoms with Gasteiger partial charge in [0, 0.05) is 12.2 Å². The Morgan fingerprint density at radius 2 is 2.08 bits per heavy atom. The molecule has 0 aliphatic carbocycles. The number of aromatic nitrogens is 2. The highest BCUT2D eigenvalue weighted by molar-refractivity contribution is 7.17. The topological polar surface area (TPSA) is 96.9 Å². The van der Waals surface area contributed by atoms with Gasteiger partial charge in [0.25, 0.3) is 5.56 Å². The van der Waals surface area contributed by atoms with Crippen molar-refractivity contribution >= 4 is 33.1 Å². The molecule has 0 saturated heterocycles. The maximum absolute atomic E-state index is 12.7. The molecular formula is C18H16N4O3S. The SMILES string of the molecule is CCCn1c(=O)c2sccc2n(CC(=O)Nc2cccc(C#N)c2)c1=O. The highest BCUT2D eigenvalue weighted by Crippen LogP contribution is 2.16. The van der Waals surface area contributed by atoms with Gasteiger partial charge in [-0.15, -0.1) is 11.3 Å². The van der Waals surface area contributed by atoms with E-state index in [9.17, 15) is 14.4 Å². The normalized spacial score (nSPS) is 10.6. The number of amides is 1. The smallest absolute Gasteiger partial charge is 0.324 e. The molecule has 0 aliphatic heterocycles. The Morgan fingerprint density at radius 1 is 1.27 bits per heavy atom. The molecule has 0 unspecified atom stereocenters. The predicted octanol–water partition coefficient (Wildman–Crippen LogP) is 2.15. The lowest BCUT2D eigenvalue weighted by Crippen LogP contribution is -2.41. The van der Waals surface area contributed by atoms with Crippen molar-refractivity contribution in [3.63, 3.8) is 0 Å². The first-order valence-corrected chi connectivity index (χ1v) is 8.94. The average molecular weight is 368 g/mol. The zero-order chi connectivity index (χ0) is 18.7. The van der Waals surface area contributed by atoms with Crippen LogP contribution in [0.2, 0.25) is 0 Å². The summed E-state index contributed by atoms with van der Waals surface area (Å²) in [5.74, 6) is -0.406. The van der Waals surface area contributed by atoms with Gasteiger partial charge in [-0.3, -0.25) is 18.7 Å². The van der Waals surface area contributed by atoms with Gasteiger partial charge < -0.3 is 5.32 Å². The molecule has 8 heteroatoms. The fourth-order valence-corrected chi connectivity index (χ4v) is 3.56. The minimum absolute atomic E-state index is 0.215. The minimum Gasteiger partial charge on any atom is -0.324 e. The lowest BCUT2D eigenvalue weighted by atomic mass is 10.2. The summed E-state index contributed by atoms with van der Waals surface area (Å²) in [5, 5.41) is 13.3. The van der Waals surface area contributed by atoms with Gasteiger partial charge in [-0.25, -0.2) is 4.79 Å². The van der Waals surface area contributed by atoms with Gasteiger partial charge in [0.15, 0.2) is 0 Å². The number of carbonyl (C=O) groups excluding carboxylic acids is 1. The van der Waals surface area contributed by atoms with Crippen LogP contribution >= 0.6 is 11.3 Å². The van der Waals surface area contributed by atoms with Gasteiger partial charge in [0.2, 0.25) is 5.91 Å². The van der Waals surface area contributed by atoms with Crippen LogP contribution in [-0.4, -0.2) is 15.0 Å². The van der Waals surface area contributed by atoms with E-state index in [1.807, 2.05) is 13.0 Å². The zero-order valence-corrected chi connectivity index (χ0v) is 14.9. The number of hydrogen-bond donors (Lipinski definition) is 1. The first kappa shape index (κ1) is 17.6. The first-order valence-electron chi connectivity index (χ1n) is 8.06. The molecule has 0 fully saturated rings. The summed E-state index contributed by atoms with van der Waals surface area (Å²) in [4.78, 5) is 37.5. The van der Waals surface area contributed by atoms with Gasteiger partial charge in [-0.1, -0.05) is 13.0 Å². The highest BCUT2D eigenvalue weighted by Gasteiger charge is 2.16. The Bertz CT molecular complexity index is 1130. The maximum Gasteiger partial charge on any atom is 0.332 e. The Balaban J connectivity index is 1.96. The standard InChI is InChI=1S/C18H16N4O3S/c1-2-7-21-17(24)16-14(6-8-26-16)22(18(21)25)11-15(23)20-13-5-3-4-12(9-13)10-19/h3-6,8-9H,2,7,11H2,1H3,(H,20,23). The van der Waals surface area contributed by atoms with E-state index >= 15 is 0 Å². The molecular weight excluding hydrogens is 352 g/mol. The fraction of sp³-hybridized carbons (Fsp3) is 0.222. The fourth-order valence-electron chi connectivity index (χ4n) is 2.72. The number of nitrogens with zero attached hydrogens (tertiary/aromatic N) is 3. The van der Waals surface area contributed by atoms with Gasteiger partial charge in [0.05, 0.1) is 17.1 Å². The monoisotopic (exact) mass is 368 g/mol. The summed E-state index contributed by atoms with van der Waals surface area (Å²) in [6.45, 7) is 1.97. The lowest BCUT2D eigenvalue weighted by molar-refractivity contribution is -0.116. The van der Waals surface area contributed by atoms with E-state index in [4.69, 9.17) is 5.26 Å². The maximum atomic E-state index is 12.7. The number of benzene rings is 1. The quantitative estimate of drug-likeness (QED) is 0.746. The van der Waals surface area contributed by atoms with Gasteiger partial charge in [-0.05, 0) is 36.1 Å². The van der Waals surface area contributed by atoms with E-state index < -0.39 is 11.6 Å². The minimum atomic E-state index is -0.497. The second-order valence-electron chi connectivity index (χ2n) is 5.70. The Kier molecular flexibility index (Phi) is 5.00. The van der Waals surface area contributed by atoms with Crippen LogP contribution in [0.15, 0.2) is 45.3 Å². The Hall–Kier alpha value is -3.18. The summed E-state index contributed by atoms with van der Waals surface area (Å²) in [7, 11) is 0. The largest absolute Gasteiger partial charge is 0.332 e. The predicted molar refractivity (Wildman–Crippen MR) is 100 cm³/mol. The highest BCUT2D eigenvalue weighted by atomic mass is 32.1. The van der Waals surface area contributed by atoms with E-state index in [0.717, 1.165) is 0 Å². The van der Waals surface area contributed by atoms with Crippen molar-refractivity contribution in [1.82, 2.24) is 9.13 Å². The third-order valence-corrected chi connectivity index (χ3v) is 4.75. The van der Waals surface area contributed by atoms with Crippen LogP contribution in [0.25, 0.3) is 10.2 Å². The Morgan fingerprint density at radius 3 is 2.81 bits per heavy atom. The van der Waals surface area contributed by atoms with Crippen molar-refractivity contribution in [2.75, 3.05) is 5.32 Å². The molecule has 2 heterocycles. The van der Waals surface area contributed by atoms with E-state index in [1.54, 1.807) is 35.7 Å². The van der Waals surface area contributed by atoms with Gasteiger partial charge in [0.1, 0.15) is 11.2 Å². The van der Waals surface area contributed by atoms with Crippen molar-refractivity contribution in [1.29, 1.82) is 5.26 Å². The number of anilines is 1. The third kappa shape index (κ3) is 3.30. The van der Waals surface area contributed by atoms with E-state index in [0.29, 0.717) is 34.4 Å². The number of rotatable bonds is 5. The number of hydrogen-bond acceptors (Lipinski definition) is 5. The molecule has 1 amide bonds. The molecule has 132 valence electrons. The molecule has 0 saturated carbocycles. The lowest BCUT2D eigenvalue weighted by Gasteiger charge is -2.12. The second-order valence-corrected chi connectivity index (χ2v) is 6.62. The van der Waals surface area contributed by atoms with Gasteiger partial charge >= 0.3 is 5.69 Å². The summed E-state index contributed by atoms with van der Waals surface area (Å²) < 4.78 is 2.94. The summed E-state index contributed by atoms with van der Waals surface area (Å²) in [6.07, 6.45) is 0.638. The number of nitriles is 1. The van der Waals surface area contributed by atoms with Crippen LogP contribution < -0.4 is 16.6 Å². The van der Waals surface area contributed by atoms with Crippen molar-refractivity contribution < 1.29 is 4.79 Å². The van der Waals surface area contributed by atoms with Crippen molar-refractivity contribution in [3.05, 3.63) is 62.1 Å². The van der Waals surface area contributed by atoms with Crippen molar-refractivity contribution in [3.8, 4) is 6.07 Å². The van der Waals surface area contributed by atoms with Crippen LogP contribution in [0.5, 0.6) is 0 Å². The Labute approximate surface area is 152 Å². The van der Waals surface area contributed by atoms with Crippen LogP contribution in [-0.2, 0) is 17.9 Å². The molecule has 7 nitrogen and oxygen atoms in total. The molecule has 0 bridgehead atoms. The van der Waals surface area contributed by atoms with Crippen molar-refractivity contribution in [2.45, 2.75) is 26.4 Å². The van der Waals surface area contributed by atoms with Crippen LogP contribution in [0.4, 0.5) is 5.69 Å². The molecule has 0 radical (unpaired) electrons. The number of carbonyl (C=O) groups is 1. The number of fused-ring (bicyclic) bond motifs is 1. The molecule has 3 rings (SSSR count). The van der Waals surface area contributed by atoms with Gasteiger partial charge in [-0.2, -0.15) is 5.26 Å². The summed E-state index contributed by atoms with van der Waals surface area (Å²) in [6, 6.07) is 10.2. The summed E-state index contributed by atoms with van der Waals surface area (Å²) in [5.41, 5.74) is 0.546. The second kappa shape index (κ2) is 7.37. The third-order valence-electron chi connectivity index (χ3n) is 3.86. The molecule has 0 spiro atoms. The molecule has 2 aromatic heterocycles. The number of nitrogens with one attached hydrogen (secondary N) is 1. The average Bonchev–Trinajstić information content (AvgIpc) is 3.12. The van der Waals surface area contributed by atoms with E-state index in [1.165, 1.54) is 20.5 Å². The molecule has 1 N–H and O–H groups in total. The molecule has 0 atom stereocenters. The van der Waals surface area contributed by atoms with E-state index in [-0.39, 0.29) is 12.1 Å². The van der Waals surface area contributed by atoms with E-state index in [2.05, 4.69) is 5.32 Å². The van der Waals surface area contributed by atoms with Crippen LogP contribution in [0, 0.1) is 11.3 Å².